The van der Waals surface area contributed by atoms with Gasteiger partial charge in [0.05, 0.1) is 10.8 Å². The number of nitriles is 1. The molecule has 1 aromatic carbocycles. The number of hydroxylamine groups is 1. The van der Waals surface area contributed by atoms with Crippen LogP contribution in [0.2, 0.25) is 0 Å². The Balaban J connectivity index is 2.19. The molecule has 2 aliphatic rings. The lowest BCUT2D eigenvalue weighted by atomic mass is 9.68. The smallest absolute Gasteiger partial charge is 0.290 e. The fourth-order valence-electron chi connectivity index (χ4n) is 3.79. The molecule has 0 aromatic heterocycles. The number of hydrogen-bond acceptors (Lipinski definition) is 5. The van der Waals surface area contributed by atoms with Gasteiger partial charge in [0.25, 0.3) is 11.4 Å². The number of benzene rings is 1. The van der Waals surface area contributed by atoms with Crippen LogP contribution in [0.5, 0.6) is 0 Å². The summed E-state index contributed by atoms with van der Waals surface area (Å²) in [5, 5.41) is 22.8. The van der Waals surface area contributed by atoms with Crippen molar-refractivity contribution in [3.63, 3.8) is 0 Å². The number of nitrogens with zero attached hydrogens (tertiary/aromatic N) is 3. The zero-order valence-electron chi connectivity index (χ0n) is 11.8. The van der Waals surface area contributed by atoms with E-state index in [1.807, 2.05) is 0 Å². The van der Waals surface area contributed by atoms with Crippen LogP contribution in [-0.2, 0) is 0 Å². The summed E-state index contributed by atoms with van der Waals surface area (Å²) in [6.07, 6.45) is 3.21. The SMILES string of the molecule is N#CCCC12CCCCC1(N)[N+](=O)c1ccccc1N2[O-]. The van der Waals surface area contributed by atoms with Gasteiger partial charge >= 0.3 is 0 Å². The molecule has 0 bridgehead atoms. The zero-order valence-corrected chi connectivity index (χ0v) is 11.8. The Morgan fingerprint density at radius 1 is 1.38 bits per heavy atom. The summed E-state index contributed by atoms with van der Waals surface area (Å²) in [7, 11) is 0. The fourth-order valence-corrected chi connectivity index (χ4v) is 3.79. The second kappa shape index (κ2) is 4.79. The van der Waals surface area contributed by atoms with E-state index in [9.17, 15) is 10.1 Å². The van der Waals surface area contributed by atoms with Crippen molar-refractivity contribution in [1.29, 1.82) is 5.26 Å². The minimum atomic E-state index is -1.27. The van der Waals surface area contributed by atoms with Gasteiger partial charge in [-0.15, -0.1) is 0 Å². The van der Waals surface area contributed by atoms with Crippen molar-refractivity contribution in [3.05, 3.63) is 34.4 Å². The summed E-state index contributed by atoms with van der Waals surface area (Å²) < 4.78 is 0.813. The van der Waals surface area contributed by atoms with Gasteiger partial charge in [0, 0.05) is 23.8 Å². The van der Waals surface area contributed by atoms with Crippen molar-refractivity contribution in [1.82, 2.24) is 0 Å². The van der Waals surface area contributed by atoms with Gasteiger partial charge in [0.15, 0.2) is 0 Å². The molecule has 1 fully saturated rings. The third-order valence-corrected chi connectivity index (χ3v) is 4.92. The lowest BCUT2D eigenvalue weighted by Gasteiger charge is -2.58. The molecule has 0 saturated heterocycles. The molecular formula is C15H18N4O2. The van der Waals surface area contributed by atoms with Gasteiger partial charge in [-0.1, -0.05) is 18.6 Å². The summed E-state index contributed by atoms with van der Waals surface area (Å²) in [6, 6.07) is 8.82. The first-order valence-electron chi connectivity index (χ1n) is 7.26. The summed E-state index contributed by atoms with van der Waals surface area (Å²) >= 11 is 0. The van der Waals surface area contributed by atoms with E-state index in [2.05, 4.69) is 6.07 Å². The Bertz CT molecular complexity index is 626. The molecule has 0 amide bonds. The molecule has 3 rings (SSSR count). The molecule has 1 aliphatic carbocycles. The number of nitrogens with two attached hydrogens (primary N) is 1. The Labute approximate surface area is 123 Å². The van der Waals surface area contributed by atoms with Crippen molar-refractivity contribution >= 4 is 11.4 Å². The molecule has 0 radical (unpaired) electrons. The maximum Gasteiger partial charge on any atom is 0.290 e. The fraction of sp³-hybridized carbons (Fsp3) is 0.533. The first-order chi connectivity index (χ1) is 10.1. The standard InChI is InChI=1S/C15H18N4O2/c16-11-5-9-14-8-3-4-10-15(14,17)19(21)13-7-2-1-6-12(13)18(14)20/h1-2,6-7H,3-5,8-10,17H2. The van der Waals surface area contributed by atoms with E-state index in [0.29, 0.717) is 30.6 Å². The Morgan fingerprint density at radius 3 is 2.86 bits per heavy atom. The molecule has 110 valence electrons. The summed E-state index contributed by atoms with van der Waals surface area (Å²) in [5.74, 6) is 0. The van der Waals surface area contributed by atoms with E-state index in [1.54, 1.807) is 24.3 Å². The largest absolute Gasteiger partial charge is 0.758 e. The highest BCUT2D eigenvalue weighted by molar-refractivity contribution is 5.67. The normalized spacial score (nSPS) is 31.3. The van der Waals surface area contributed by atoms with Gasteiger partial charge in [-0.3, -0.25) is 5.73 Å². The zero-order chi connectivity index (χ0) is 15.1. The molecule has 2 unspecified atom stereocenters. The average molecular weight is 286 g/mol. The highest BCUT2D eigenvalue weighted by Gasteiger charge is 2.65. The maximum absolute atomic E-state index is 13.0. The molecule has 1 heterocycles. The molecule has 1 aliphatic heterocycles. The average Bonchev–Trinajstić information content (AvgIpc) is 2.52. The van der Waals surface area contributed by atoms with Crippen LogP contribution in [0, 0.1) is 21.4 Å². The van der Waals surface area contributed by atoms with E-state index in [4.69, 9.17) is 11.0 Å². The Kier molecular flexibility index (Phi) is 3.19. The van der Waals surface area contributed by atoms with E-state index < -0.39 is 11.2 Å². The summed E-state index contributed by atoms with van der Waals surface area (Å²) in [6.45, 7) is 0. The third kappa shape index (κ3) is 1.71. The van der Waals surface area contributed by atoms with Crippen LogP contribution in [0.25, 0.3) is 0 Å². The molecule has 6 heteroatoms. The monoisotopic (exact) mass is 286 g/mol. The van der Waals surface area contributed by atoms with Crippen LogP contribution in [0.1, 0.15) is 38.5 Å². The van der Waals surface area contributed by atoms with E-state index in [1.165, 1.54) is 0 Å². The third-order valence-electron chi connectivity index (χ3n) is 4.92. The summed E-state index contributed by atoms with van der Waals surface area (Å²) in [5.41, 5.74) is 4.85. The predicted octanol–water partition coefficient (Wildman–Crippen LogP) is 2.69. The minimum absolute atomic E-state index is 0.216. The molecule has 21 heavy (non-hydrogen) atoms. The number of fused-ring (bicyclic) bond motifs is 2. The predicted molar refractivity (Wildman–Crippen MR) is 78.5 cm³/mol. The second-order valence-corrected chi connectivity index (χ2v) is 5.90. The van der Waals surface area contributed by atoms with Crippen LogP contribution >= 0.6 is 0 Å². The molecule has 2 N–H and O–H groups in total. The number of hydrogen-bond donors (Lipinski definition) is 1. The molecular weight excluding hydrogens is 268 g/mol. The summed E-state index contributed by atoms with van der Waals surface area (Å²) in [4.78, 5) is 12.8. The van der Waals surface area contributed by atoms with Gasteiger partial charge in [-0.25, -0.2) is 0 Å². The van der Waals surface area contributed by atoms with Gasteiger partial charge in [0.2, 0.25) is 0 Å². The molecule has 0 spiro atoms. The molecule has 1 saturated carbocycles. The molecule has 2 atom stereocenters. The topological polar surface area (TPSA) is 96.2 Å². The quantitative estimate of drug-likeness (QED) is 0.843. The van der Waals surface area contributed by atoms with Crippen LogP contribution < -0.4 is 10.8 Å². The first-order valence-corrected chi connectivity index (χ1v) is 7.26. The number of para-hydroxylation sites is 2. The van der Waals surface area contributed by atoms with E-state index in [0.717, 1.165) is 22.7 Å². The number of rotatable bonds is 2. The van der Waals surface area contributed by atoms with Crippen molar-refractivity contribution in [2.75, 3.05) is 5.06 Å². The highest BCUT2D eigenvalue weighted by Crippen LogP contribution is 2.52. The van der Waals surface area contributed by atoms with Crippen LogP contribution in [-0.4, -0.2) is 16.0 Å². The number of anilines is 1. The number of nitroso groups, excluding NO2 is 1. The van der Waals surface area contributed by atoms with Gasteiger partial charge in [-0.05, 0) is 25.3 Å². The van der Waals surface area contributed by atoms with Crippen molar-refractivity contribution < 1.29 is 4.76 Å². The first kappa shape index (κ1) is 14.0. The van der Waals surface area contributed by atoms with Crippen molar-refractivity contribution in [2.45, 2.75) is 49.7 Å². The van der Waals surface area contributed by atoms with Gasteiger partial charge in [0.1, 0.15) is 11.2 Å². The second-order valence-electron chi connectivity index (χ2n) is 5.90. The van der Waals surface area contributed by atoms with Gasteiger partial charge < -0.3 is 10.3 Å². The minimum Gasteiger partial charge on any atom is -0.758 e. The highest BCUT2D eigenvalue weighted by atomic mass is 16.5. The van der Waals surface area contributed by atoms with Gasteiger partial charge in [-0.2, -0.15) is 5.26 Å². The van der Waals surface area contributed by atoms with E-state index in [-0.39, 0.29) is 6.42 Å². The van der Waals surface area contributed by atoms with Crippen LogP contribution in [0.3, 0.4) is 0 Å². The van der Waals surface area contributed by atoms with Crippen molar-refractivity contribution in [2.24, 2.45) is 5.73 Å². The molecule has 1 aromatic rings. The van der Waals surface area contributed by atoms with Crippen LogP contribution in [0.15, 0.2) is 24.3 Å². The van der Waals surface area contributed by atoms with Crippen molar-refractivity contribution in [3.8, 4) is 6.07 Å². The Morgan fingerprint density at radius 2 is 2.10 bits per heavy atom. The van der Waals surface area contributed by atoms with Crippen LogP contribution in [0.4, 0.5) is 11.4 Å². The lowest BCUT2D eigenvalue weighted by molar-refractivity contribution is -0.575. The molecule has 6 nitrogen and oxygen atoms in total. The lowest BCUT2D eigenvalue weighted by Crippen LogP contribution is -2.74. The maximum atomic E-state index is 13.0. The van der Waals surface area contributed by atoms with E-state index >= 15 is 0 Å². The Hall–Kier alpha value is -1.97.